The summed E-state index contributed by atoms with van der Waals surface area (Å²) in [5, 5.41) is 2.19. The Balaban J connectivity index is 1.76. The topological polar surface area (TPSA) is 62.3 Å². The molecule has 2 aromatic rings. The molecule has 136 valence electrons. The number of anilines is 1. The Morgan fingerprint density at radius 1 is 1.12 bits per heavy atom. The third kappa shape index (κ3) is 3.87. The van der Waals surface area contributed by atoms with Gasteiger partial charge in [-0.3, -0.25) is 14.6 Å². The molecule has 0 atom stereocenters. The second-order valence-corrected chi connectivity index (χ2v) is 6.49. The molecule has 0 bridgehead atoms. The Hall–Kier alpha value is -2.83. The van der Waals surface area contributed by atoms with E-state index >= 15 is 0 Å². The number of carbonyl (C=O) groups is 2. The molecule has 5 nitrogen and oxygen atoms in total. The molecule has 0 unspecified atom stereocenters. The van der Waals surface area contributed by atoms with Gasteiger partial charge in [-0.2, -0.15) is 0 Å². The molecule has 2 amide bonds. The number of halogens is 2. The smallest absolute Gasteiger partial charge is 0.257 e. The summed E-state index contributed by atoms with van der Waals surface area (Å²) in [6.45, 7) is 3.48. The standard InChI is InChI=1S/C19H19F2N3O2/c1-12-5-7-24(8-6-12)19(26)14-9-13(10-22-11-14)18(25)23-17-15(20)3-2-4-16(17)21/h2-4,9-12H,5-8H2,1H3,(H,23,25). The van der Waals surface area contributed by atoms with E-state index in [-0.39, 0.29) is 17.0 Å². The molecular formula is C19H19F2N3O2. The summed E-state index contributed by atoms with van der Waals surface area (Å²) in [5.41, 5.74) is -0.190. The van der Waals surface area contributed by atoms with E-state index in [1.54, 1.807) is 4.90 Å². The van der Waals surface area contributed by atoms with Gasteiger partial charge in [-0.1, -0.05) is 13.0 Å². The van der Waals surface area contributed by atoms with Crippen molar-refractivity contribution < 1.29 is 18.4 Å². The van der Waals surface area contributed by atoms with Crippen LogP contribution in [0, 0.1) is 17.6 Å². The van der Waals surface area contributed by atoms with Crippen LogP contribution in [0.4, 0.5) is 14.5 Å². The van der Waals surface area contributed by atoms with Crippen molar-refractivity contribution in [3.8, 4) is 0 Å². The van der Waals surface area contributed by atoms with Gasteiger partial charge in [0.1, 0.15) is 17.3 Å². The Bertz CT molecular complexity index is 813. The van der Waals surface area contributed by atoms with Crippen LogP contribution in [0.5, 0.6) is 0 Å². The maximum Gasteiger partial charge on any atom is 0.257 e. The minimum absolute atomic E-state index is 0.0591. The van der Waals surface area contributed by atoms with Gasteiger partial charge in [0.25, 0.3) is 11.8 Å². The highest BCUT2D eigenvalue weighted by atomic mass is 19.1. The van der Waals surface area contributed by atoms with Crippen molar-refractivity contribution in [2.24, 2.45) is 5.92 Å². The molecule has 1 aliphatic heterocycles. The van der Waals surface area contributed by atoms with E-state index in [1.165, 1.54) is 24.5 Å². The number of piperidine rings is 1. The number of pyridine rings is 1. The highest BCUT2D eigenvalue weighted by Crippen LogP contribution is 2.20. The number of para-hydroxylation sites is 1. The Kier molecular flexibility index (Phi) is 5.25. The highest BCUT2D eigenvalue weighted by Gasteiger charge is 2.22. The van der Waals surface area contributed by atoms with Crippen molar-refractivity contribution in [1.29, 1.82) is 0 Å². The Labute approximate surface area is 150 Å². The molecule has 1 N–H and O–H groups in total. The van der Waals surface area contributed by atoms with Gasteiger partial charge in [0.2, 0.25) is 0 Å². The summed E-state index contributed by atoms with van der Waals surface area (Å²) < 4.78 is 27.4. The molecule has 1 saturated heterocycles. The molecule has 1 aromatic carbocycles. The zero-order chi connectivity index (χ0) is 18.7. The van der Waals surface area contributed by atoms with Crippen LogP contribution >= 0.6 is 0 Å². The number of nitrogens with zero attached hydrogens (tertiary/aromatic N) is 2. The number of aromatic nitrogens is 1. The average Bonchev–Trinajstić information content (AvgIpc) is 2.65. The fourth-order valence-corrected chi connectivity index (χ4v) is 2.88. The van der Waals surface area contributed by atoms with Gasteiger partial charge in [-0.25, -0.2) is 8.78 Å². The van der Waals surface area contributed by atoms with Crippen LogP contribution in [0.25, 0.3) is 0 Å². The lowest BCUT2D eigenvalue weighted by Gasteiger charge is -2.30. The van der Waals surface area contributed by atoms with Crippen molar-refractivity contribution >= 4 is 17.5 Å². The lowest BCUT2D eigenvalue weighted by atomic mass is 9.98. The monoisotopic (exact) mass is 359 g/mol. The third-order valence-corrected chi connectivity index (χ3v) is 4.52. The average molecular weight is 359 g/mol. The minimum atomic E-state index is -0.874. The predicted molar refractivity (Wildman–Crippen MR) is 92.8 cm³/mol. The van der Waals surface area contributed by atoms with Gasteiger partial charge in [0, 0.05) is 25.5 Å². The van der Waals surface area contributed by atoms with E-state index in [2.05, 4.69) is 17.2 Å². The van der Waals surface area contributed by atoms with Gasteiger partial charge in [0.05, 0.1) is 11.1 Å². The van der Waals surface area contributed by atoms with Crippen molar-refractivity contribution in [2.45, 2.75) is 19.8 Å². The van der Waals surface area contributed by atoms with Crippen LogP contribution < -0.4 is 5.32 Å². The quantitative estimate of drug-likeness (QED) is 0.913. The van der Waals surface area contributed by atoms with Crippen molar-refractivity contribution in [3.63, 3.8) is 0 Å². The van der Waals surface area contributed by atoms with Crippen LogP contribution in [-0.4, -0.2) is 34.8 Å². The zero-order valence-electron chi connectivity index (χ0n) is 14.3. The van der Waals surface area contributed by atoms with Crippen LogP contribution in [-0.2, 0) is 0 Å². The predicted octanol–water partition coefficient (Wildman–Crippen LogP) is 3.48. The molecule has 1 fully saturated rings. The first-order valence-electron chi connectivity index (χ1n) is 8.45. The van der Waals surface area contributed by atoms with E-state index in [9.17, 15) is 18.4 Å². The maximum absolute atomic E-state index is 13.7. The molecule has 0 aliphatic carbocycles. The summed E-state index contributed by atoms with van der Waals surface area (Å²) in [7, 11) is 0. The maximum atomic E-state index is 13.7. The van der Waals surface area contributed by atoms with E-state index in [4.69, 9.17) is 0 Å². The number of carbonyl (C=O) groups excluding carboxylic acids is 2. The Morgan fingerprint density at radius 3 is 2.38 bits per heavy atom. The van der Waals surface area contributed by atoms with Gasteiger partial charge in [-0.15, -0.1) is 0 Å². The minimum Gasteiger partial charge on any atom is -0.339 e. The molecule has 0 saturated carbocycles. The number of hydrogen-bond acceptors (Lipinski definition) is 3. The molecule has 3 rings (SSSR count). The first-order chi connectivity index (χ1) is 12.5. The molecule has 1 aromatic heterocycles. The molecule has 0 radical (unpaired) electrons. The summed E-state index contributed by atoms with van der Waals surface area (Å²) in [6.07, 6.45) is 4.52. The normalized spacial score (nSPS) is 15.0. The summed E-state index contributed by atoms with van der Waals surface area (Å²) in [5.74, 6) is -2.09. The largest absolute Gasteiger partial charge is 0.339 e. The summed E-state index contributed by atoms with van der Waals surface area (Å²) in [6, 6.07) is 4.70. The van der Waals surface area contributed by atoms with E-state index < -0.39 is 23.2 Å². The van der Waals surface area contributed by atoms with Crippen LogP contribution in [0.3, 0.4) is 0 Å². The first-order valence-corrected chi connectivity index (χ1v) is 8.45. The molecule has 0 spiro atoms. The van der Waals surface area contributed by atoms with Gasteiger partial charge >= 0.3 is 0 Å². The van der Waals surface area contributed by atoms with Crippen LogP contribution in [0.15, 0.2) is 36.7 Å². The van der Waals surface area contributed by atoms with Crippen molar-refractivity contribution in [3.05, 3.63) is 59.4 Å². The lowest BCUT2D eigenvalue weighted by molar-refractivity contribution is 0.0697. The highest BCUT2D eigenvalue weighted by molar-refractivity contribution is 6.06. The van der Waals surface area contributed by atoms with Crippen molar-refractivity contribution in [2.75, 3.05) is 18.4 Å². The van der Waals surface area contributed by atoms with Crippen molar-refractivity contribution in [1.82, 2.24) is 9.88 Å². The number of hydrogen-bond donors (Lipinski definition) is 1. The second kappa shape index (κ2) is 7.59. The SMILES string of the molecule is CC1CCN(C(=O)c2cncc(C(=O)Nc3c(F)cccc3F)c2)CC1. The van der Waals surface area contributed by atoms with Gasteiger partial charge in [-0.05, 0) is 37.0 Å². The molecule has 7 heteroatoms. The summed E-state index contributed by atoms with van der Waals surface area (Å²) >= 11 is 0. The molecule has 26 heavy (non-hydrogen) atoms. The fourth-order valence-electron chi connectivity index (χ4n) is 2.88. The number of nitrogens with one attached hydrogen (secondary N) is 1. The molecular weight excluding hydrogens is 340 g/mol. The lowest BCUT2D eigenvalue weighted by Crippen LogP contribution is -2.38. The molecule has 1 aliphatic rings. The zero-order valence-corrected chi connectivity index (χ0v) is 14.3. The summed E-state index contributed by atoms with van der Waals surface area (Å²) in [4.78, 5) is 30.5. The Morgan fingerprint density at radius 2 is 1.73 bits per heavy atom. The number of amides is 2. The van der Waals surface area contributed by atoms with Gasteiger partial charge < -0.3 is 10.2 Å². The van der Waals surface area contributed by atoms with E-state index in [1.807, 2.05) is 0 Å². The fraction of sp³-hybridized carbons (Fsp3) is 0.316. The number of likely N-dealkylation sites (tertiary alicyclic amines) is 1. The van der Waals surface area contributed by atoms with Crippen LogP contribution in [0.1, 0.15) is 40.5 Å². The second-order valence-electron chi connectivity index (χ2n) is 6.49. The van der Waals surface area contributed by atoms with Gasteiger partial charge in [0.15, 0.2) is 0 Å². The van der Waals surface area contributed by atoms with E-state index in [0.717, 1.165) is 25.0 Å². The third-order valence-electron chi connectivity index (χ3n) is 4.52. The number of benzene rings is 1. The first kappa shape index (κ1) is 18.0. The number of rotatable bonds is 3. The van der Waals surface area contributed by atoms with Crippen LogP contribution in [0.2, 0.25) is 0 Å². The molecule has 2 heterocycles. The van der Waals surface area contributed by atoms with E-state index in [0.29, 0.717) is 19.0 Å².